The summed E-state index contributed by atoms with van der Waals surface area (Å²) >= 11 is 0. The summed E-state index contributed by atoms with van der Waals surface area (Å²) in [5.41, 5.74) is 2.31. The summed E-state index contributed by atoms with van der Waals surface area (Å²) in [6, 6.07) is 12.4. The van der Waals surface area contributed by atoms with Crippen LogP contribution in [0.4, 0.5) is 0 Å². The average Bonchev–Trinajstić information content (AvgIpc) is 2.58. The van der Waals surface area contributed by atoms with E-state index in [-0.39, 0.29) is 6.04 Å². The number of rotatable bonds is 5. The van der Waals surface area contributed by atoms with Crippen molar-refractivity contribution >= 4 is 0 Å². The molecule has 122 valence electrons. The van der Waals surface area contributed by atoms with Gasteiger partial charge in [0.25, 0.3) is 0 Å². The molecule has 1 unspecified atom stereocenters. The van der Waals surface area contributed by atoms with Gasteiger partial charge in [-0.05, 0) is 56.6 Å². The van der Waals surface area contributed by atoms with E-state index in [4.69, 9.17) is 0 Å². The molecule has 4 nitrogen and oxygen atoms in total. The molecule has 2 aromatic rings. The van der Waals surface area contributed by atoms with Crippen LogP contribution in [0.1, 0.15) is 36.9 Å². The Labute approximate surface area is 138 Å². The molecule has 4 heteroatoms. The molecule has 1 aromatic carbocycles. The van der Waals surface area contributed by atoms with Crippen molar-refractivity contribution in [2.75, 3.05) is 13.1 Å². The molecule has 3 rings (SSSR count). The van der Waals surface area contributed by atoms with E-state index in [0.717, 1.165) is 38.0 Å². The molecule has 1 aromatic heterocycles. The first kappa shape index (κ1) is 16.0. The van der Waals surface area contributed by atoms with Gasteiger partial charge in [-0.2, -0.15) is 0 Å². The van der Waals surface area contributed by atoms with Gasteiger partial charge in [0, 0.05) is 36.6 Å². The number of benzene rings is 1. The number of phenols is 1. The summed E-state index contributed by atoms with van der Waals surface area (Å²) in [5, 5.41) is 13.6. The summed E-state index contributed by atoms with van der Waals surface area (Å²) in [5.74, 6) is 0.377. The van der Waals surface area contributed by atoms with Crippen LogP contribution in [0.25, 0.3) is 0 Å². The van der Waals surface area contributed by atoms with Gasteiger partial charge in [-0.3, -0.25) is 9.88 Å². The Hall–Kier alpha value is -1.91. The van der Waals surface area contributed by atoms with Gasteiger partial charge in [0.2, 0.25) is 0 Å². The van der Waals surface area contributed by atoms with Crippen LogP contribution in [0.2, 0.25) is 0 Å². The van der Waals surface area contributed by atoms with Gasteiger partial charge < -0.3 is 10.4 Å². The maximum Gasteiger partial charge on any atom is 0.120 e. The number of hydrogen-bond donors (Lipinski definition) is 2. The molecule has 1 fully saturated rings. The number of hydrogen-bond acceptors (Lipinski definition) is 4. The van der Waals surface area contributed by atoms with Crippen LogP contribution >= 0.6 is 0 Å². The zero-order valence-electron chi connectivity index (χ0n) is 13.7. The number of aromatic hydroxyl groups is 1. The number of likely N-dealkylation sites (tertiary alicyclic amines) is 1. The second kappa shape index (κ2) is 7.57. The van der Waals surface area contributed by atoms with Crippen molar-refractivity contribution in [1.29, 1.82) is 0 Å². The summed E-state index contributed by atoms with van der Waals surface area (Å²) < 4.78 is 0. The highest BCUT2D eigenvalue weighted by atomic mass is 16.3. The number of aromatic nitrogens is 1. The van der Waals surface area contributed by atoms with Crippen molar-refractivity contribution in [3.8, 4) is 5.75 Å². The van der Waals surface area contributed by atoms with Crippen LogP contribution in [-0.4, -0.2) is 34.1 Å². The Bertz CT molecular complexity index is 609. The van der Waals surface area contributed by atoms with E-state index in [1.54, 1.807) is 6.07 Å². The summed E-state index contributed by atoms with van der Waals surface area (Å²) in [6.07, 6.45) is 6.00. The number of piperidine rings is 1. The third-order valence-electron chi connectivity index (χ3n) is 4.63. The number of pyridine rings is 1. The van der Waals surface area contributed by atoms with E-state index in [9.17, 15) is 5.11 Å². The van der Waals surface area contributed by atoms with Crippen molar-refractivity contribution in [2.45, 2.75) is 38.4 Å². The molecule has 1 atom stereocenters. The first-order chi connectivity index (χ1) is 11.2. The number of nitrogens with one attached hydrogen (secondary N) is 1. The molecule has 0 saturated carbocycles. The second-order valence-corrected chi connectivity index (χ2v) is 6.35. The largest absolute Gasteiger partial charge is 0.508 e. The molecule has 0 radical (unpaired) electrons. The highest BCUT2D eigenvalue weighted by molar-refractivity contribution is 5.34. The first-order valence-electron chi connectivity index (χ1n) is 8.37. The van der Waals surface area contributed by atoms with Crippen LogP contribution in [0.5, 0.6) is 5.75 Å². The molecule has 2 N–H and O–H groups in total. The van der Waals surface area contributed by atoms with Gasteiger partial charge in [0.15, 0.2) is 0 Å². The van der Waals surface area contributed by atoms with Gasteiger partial charge in [0.1, 0.15) is 5.75 Å². The third-order valence-corrected chi connectivity index (χ3v) is 4.63. The van der Waals surface area contributed by atoms with Crippen molar-refractivity contribution in [1.82, 2.24) is 15.2 Å². The fourth-order valence-electron chi connectivity index (χ4n) is 3.30. The predicted octanol–water partition coefficient (Wildman–Crippen LogP) is 3.10. The van der Waals surface area contributed by atoms with E-state index in [1.807, 2.05) is 30.6 Å². The zero-order valence-corrected chi connectivity index (χ0v) is 13.7. The van der Waals surface area contributed by atoms with Crippen LogP contribution in [-0.2, 0) is 6.54 Å². The van der Waals surface area contributed by atoms with Gasteiger partial charge in [-0.15, -0.1) is 0 Å². The summed E-state index contributed by atoms with van der Waals surface area (Å²) in [7, 11) is 0. The van der Waals surface area contributed by atoms with E-state index in [0.29, 0.717) is 11.8 Å². The molecule has 1 aliphatic heterocycles. The van der Waals surface area contributed by atoms with Gasteiger partial charge >= 0.3 is 0 Å². The molecule has 1 aliphatic rings. The van der Waals surface area contributed by atoms with Crippen LogP contribution in [0.3, 0.4) is 0 Å². The van der Waals surface area contributed by atoms with E-state index in [1.165, 1.54) is 5.56 Å². The highest BCUT2D eigenvalue weighted by Crippen LogP contribution is 2.25. The summed E-state index contributed by atoms with van der Waals surface area (Å²) in [4.78, 5) is 6.57. The van der Waals surface area contributed by atoms with Crippen molar-refractivity contribution < 1.29 is 5.11 Å². The molecule has 0 bridgehead atoms. The molecule has 0 amide bonds. The maximum atomic E-state index is 9.96. The fourth-order valence-corrected chi connectivity index (χ4v) is 3.30. The lowest BCUT2D eigenvalue weighted by Gasteiger charge is -2.34. The Morgan fingerprint density at radius 3 is 2.57 bits per heavy atom. The Balaban J connectivity index is 1.48. The van der Waals surface area contributed by atoms with Gasteiger partial charge in [0.05, 0.1) is 0 Å². The lowest BCUT2D eigenvalue weighted by molar-refractivity contribution is 0.185. The van der Waals surface area contributed by atoms with Crippen LogP contribution < -0.4 is 5.32 Å². The molecule has 0 aliphatic carbocycles. The van der Waals surface area contributed by atoms with E-state index in [2.05, 4.69) is 34.3 Å². The standard InChI is InChI=1S/C19H25N3O/c1-15(18-4-2-3-5-19(18)23)21-17-8-12-22(13-9-17)14-16-6-10-20-11-7-16/h2-7,10-11,15,17,21,23H,8-9,12-14H2,1H3. The minimum Gasteiger partial charge on any atom is -0.508 e. The number of nitrogens with zero attached hydrogens (tertiary/aromatic N) is 2. The van der Waals surface area contributed by atoms with Crippen molar-refractivity contribution in [2.24, 2.45) is 0 Å². The SMILES string of the molecule is CC(NC1CCN(Cc2ccncc2)CC1)c1ccccc1O. The quantitative estimate of drug-likeness (QED) is 0.891. The van der Waals surface area contributed by atoms with Gasteiger partial charge in [-0.1, -0.05) is 18.2 Å². The minimum atomic E-state index is 0.174. The minimum absolute atomic E-state index is 0.174. The highest BCUT2D eigenvalue weighted by Gasteiger charge is 2.21. The molecular weight excluding hydrogens is 286 g/mol. The third kappa shape index (κ3) is 4.30. The second-order valence-electron chi connectivity index (χ2n) is 6.35. The van der Waals surface area contributed by atoms with Crippen LogP contribution in [0, 0.1) is 0 Å². The maximum absolute atomic E-state index is 9.96. The molecule has 2 heterocycles. The predicted molar refractivity (Wildman–Crippen MR) is 92.2 cm³/mol. The summed E-state index contributed by atoms with van der Waals surface area (Å²) in [6.45, 7) is 5.34. The molecule has 1 saturated heterocycles. The number of phenolic OH excluding ortho intramolecular Hbond substituents is 1. The Kier molecular flexibility index (Phi) is 5.26. The van der Waals surface area contributed by atoms with E-state index >= 15 is 0 Å². The first-order valence-corrected chi connectivity index (χ1v) is 8.37. The molecule has 0 spiro atoms. The Morgan fingerprint density at radius 1 is 1.17 bits per heavy atom. The molecular formula is C19H25N3O. The molecule has 23 heavy (non-hydrogen) atoms. The van der Waals surface area contributed by atoms with E-state index < -0.39 is 0 Å². The van der Waals surface area contributed by atoms with Gasteiger partial charge in [-0.25, -0.2) is 0 Å². The van der Waals surface area contributed by atoms with Crippen molar-refractivity contribution in [3.63, 3.8) is 0 Å². The lowest BCUT2D eigenvalue weighted by Crippen LogP contribution is -2.42. The monoisotopic (exact) mass is 311 g/mol. The fraction of sp³-hybridized carbons (Fsp3) is 0.421. The lowest BCUT2D eigenvalue weighted by atomic mass is 10.0. The normalized spacial score (nSPS) is 18.0. The topological polar surface area (TPSA) is 48.4 Å². The van der Waals surface area contributed by atoms with Crippen molar-refractivity contribution in [3.05, 3.63) is 59.9 Å². The Morgan fingerprint density at radius 2 is 1.87 bits per heavy atom. The zero-order chi connectivity index (χ0) is 16.1. The van der Waals surface area contributed by atoms with Crippen LogP contribution in [0.15, 0.2) is 48.8 Å². The average molecular weight is 311 g/mol. The number of para-hydroxylation sites is 1. The smallest absolute Gasteiger partial charge is 0.120 e.